The van der Waals surface area contributed by atoms with Gasteiger partial charge in [-0.2, -0.15) is 0 Å². The minimum absolute atomic E-state index is 0.0986. The number of carbonyl (C=O) groups is 2. The van der Waals surface area contributed by atoms with Crippen molar-refractivity contribution in [3.05, 3.63) is 83.4 Å². The van der Waals surface area contributed by atoms with Gasteiger partial charge in [-0.3, -0.25) is 19.4 Å². The Hall–Kier alpha value is -3.80. The predicted octanol–water partition coefficient (Wildman–Crippen LogP) is 4.44. The van der Waals surface area contributed by atoms with Crippen molar-refractivity contribution in [2.45, 2.75) is 19.9 Å². The highest BCUT2D eigenvalue weighted by Gasteiger charge is 2.42. The van der Waals surface area contributed by atoms with Crippen LogP contribution >= 0.6 is 0 Å². The topological polar surface area (TPSA) is 59.1 Å². The quantitative estimate of drug-likeness (QED) is 0.600. The summed E-state index contributed by atoms with van der Waals surface area (Å²) in [6, 6.07) is 19.8. The van der Waals surface area contributed by atoms with Crippen molar-refractivity contribution in [1.82, 2.24) is 0 Å². The van der Waals surface area contributed by atoms with Crippen LogP contribution in [-0.2, 0) is 9.59 Å². The van der Waals surface area contributed by atoms with Gasteiger partial charge in [-0.25, -0.2) is 0 Å². The monoisotopic (exact) mass is 430 g/mol. The van der Waals surface area contributed by atoms with E-state index in [1.54, 1.807) is 30.2 Å². The van der Waals surface area contributed by atoms with Crippen LogP contribution in [0.3, 0.4) is 0 Å². The molecule has 1 fully saturated rings. The lowest BCUT2D eigenvalue weighted by Gasteiger charge is -2.40. The molecular weight excluding hydrogens is 404 g/mol. The summed E-state index contributed by atoms with van der Waals surface area (Å²) in [5.41, 5.74) is 4.11. The van der Waals surface area contributed by atoms with Gasteiger partial charge in [0.05, 0.1) is 19.9 Å². The Labute approximate surface area is 188 Å². The Morgan fingerprint density at radius 2 is 1.44 bits per heavy atom. The second-order valence-electron chi connectivity index (χ2n) is 7.87. The molecule has 1 unspecified atom stereocenters. The van der Waals surface area contributed by atoms with E-state index in [-0.39, 0.29) is 18.4 Å². The highest BCUT2D eigenvalue weighted by molar-refractivity contribution is 6.15. The molecule has 0 spiro atoms. The second kappa shape index (κ2) is 8.75. The molecule has 0 N–H and O–H groups in total. The van der Waals surface area contributed by atoms with Gasteiger partial charge in [-0.15, -0.1) is 0 Å². The molecule has 0 aromatic heterocycles. The number of anilines is 2. The van der Waals surface area contributed by atoms with E-state index >= 15 is 0 Å². The summed E-state index contributed by atoms with van der Waals surface area (Å²) >= 11 is 0. The molecule has 1 heterocycles. The summed E-state index contributed by atoms with van der Waals surface area (Å²) < 4.78 is 10.8. The van der Waals surface area contributed by atoms with E-state index in [0.717, 1.165) is 16.7 Å². The molecular formula is C26H26N2O4. The number of nitrogens with zero attached hydrogens (tertiary/aromatic N) is 2. The van der Waals surface area contributed by atoms with Crippen LogP contribution in [0.5, 0.6) is 11.5 Å². The number of hydrogen-bond acceptors (Lipinski definition) is 4. The van der Waals surface area contributed by atoms with Gasteiger partial charge in [0.15, 0.2) is 0 Å². The van der Waals surface area contributed by atoms with Crippen LogP contribution in [0, 0.1) is 13.8 Å². The van der Waals surface area contributed by atoms with Crippen LogP contribution in [0.4, 0.5) is 11.4 Å². The average Bonchev–Trinajstić information content (AvgIpc) is 2.81. The normalized spacial score (nSPS) is 16.3. The summed E-state index contributed by atoms with van der Waals surface area (Å²) in [5, 5.41) is 0. The molecule has 4 rings (SSSR count). The molecule has 1 saturated heterocycles. The standard InChI is InChI=1S/C26H26N2O4/c1-17-5-9-19(10-6-17)25-26(30)27(22-15-21(31-3)13-14-23(22)32-4)16-24(29)28(25)20-11-7-18(2)8-12-20/h5-15,25H,16H2,1-4H3. The minimum Gasteiger partial charge on any atom is -0.497 e. The van der Waals surface area contributed by atoms with Gasteiger partial charge in [-0.05, 0) is 43.7 Å². The first-order chi connectivity index (χ1) is 15.4. The first kappa shape index (κ1) is 21.4. The maximum absolute atomic E-state index is 13.9. The Balaban J connectivity index is 1.84. The number of aryl methyl sites for hydroxylation is 2. The largest absolute Gasteiger partial charge is 0.497 e. The number of ether oxygens (including phenoxy) is 2. The number of carbonyl (C=O) groups excluding carboxylic acids is 2. The fraction of sp³-hybridized carbons (Fsp3) is 0.231. The van der Waals surface area contributed by atoms with Gasteiger partial charge in [-0.1, -0.05) is 47.5 Å². The third-order valence-electron chi connectivity index (χ3n) is 5.70. The van der Waals surface area contributed by atoms with Crippen LogP contribution in [0.2, 0.25) is 0 Å². The summed E-state index contributed by atoms with van der Waals surface area (Å²) in [7, 11) is 3.10. The van der Waals surface area contributed by atoms with E-state index in [2.05, 4.69) is 0 Å². The number of hydrogen-bond donors (Lipinski definition) is 0. The van der Waals surface area contributed by atoms with Gasteiger partial charge < -0.3 is 9.47 Å². The molecule has 0 radical (unpaired) electrons. The lowest BCUT2D eigenvalue weighted by atomic mass is 9.98. The molecule has 2 amide bonds. The molecule has 1 atom stereocenters. The lowest BCUT2D eigenvalue weighted by molar-refractivity contribution is -0.128. The molecule has 0 aliphatic carbocycles. The summed E-state index contributed by atoms with van der Waals surface area (Å²) in [5.74, 6) is 0.691. The van der Waals surface area contributed by atoms with E-state index < -0.39 is 6.04 Å². The molecule has 3 aromatic carbocycles. The van der Waals surface area contributed by atoms with E-state index in [4.69, 9.17) is 9.47 Å². The number of amides is 2. The zero-order valence-corrected chi connectivity index (χ0v) is 18.7. The van der Waals surface area contributed by atoms with Crippen LogP contribution in [-0.4, -0.2) is 32.6 Å². The van der Waals surface area contributed by atoms with Crippen molar-refractivity contribution < 1.29 is 19.1 Å². The van der Waals surface area contributed by atoms with E-state index in [9.17, 15) is 9.59 Å². The van der Waals surface area contributed by atoms with Crippen LogP contribution in [0.15, 0.2) is 66.7 Å². The highest BCUT2D eigenvalue weighted by atomic mass is 16.5. The fourth-order valence-corrected chi connectivity index (χ4v) is 3.94. The first-order valence-electron chi connectivity index (χ1n) is 10.4. The molecule has 6 nitrogen and oxygen atoms in total. The number of benzene rings is 3. The molecule has 0 saturated carbocycles. The van der Waals surface area contributed by atoms with Gasteiger partial charge in [0, 0.05) is 11.8 Å². The number of piperazine rings is 1. The average molecular weight is 431 g/mol. The van der Waals surface area contributed by atoms with Crippen molar-refractivity contribution in [3.8, 4) is 11.5 Å². The maximum Gasteiger partial charge on any atom is 0.255 e. The lowest BCUT2D eigenvalue weighted by Crippen LogP contribution is -2.56. The van der Waals surface area contributed by atoms with Crippen molar-refractivity contribution >= 4 is 23.2 Å². The van der Waals surface area contributed by atoms with Crippen molar-refractivity contribution in [1.29, 1.82) is 0 Å². The summed E-state index contributed by atoms with van der Waals surface area (Å²) in [4.78, 5) is 30.5. The fourth-order valence-electron chi connectivity index (χ4n) is 3.94. The number of methoxy groups -OCH3 is 2. The zero-order chi connectivity index (χ0) is 22.8. The van der Waals surface area contributed by atoms with E-state index in [1.807, 2.05) is 62.4 Å². The number of rotatable bonds is 5. The molecule has 3 aromatic rings. The molecule has 1 aliphatic rings. The Bertz CT molecular complexity index is 1140. The van der Waals surface area contributed by atoms with Gasteiger partial charge >= 0.3 is 0 Å². The van der Waals surface area contributed by atoms with Crippen LogP contribution in [0.1, 0.15) is 22.7 Å². The minimum atomic E-state index is -0.796. The molecule has 0 bridgehead atoms. The van der Waals surface area contributed by atoms with E-state index in [1.165, 1.54) is 12.0 Å². The SMILES string of the molecule is COc1ccc(OC)c(N2CC(=O)N(c3ccc(C)cc3)C(c3ccc(C)cc3)C2=O)c1. The van der Waals surface area contributed by atoms with Crippen LogP contribution < -0.4 is 19.3 Å². The Kier molecular flexibility index (Phi) is 5.86. The van der Waals surface area contributed by atoms with Crippen molar-refractivity contribution in [2.24, 2.45) is 0 Å². The summed E-state index contributed by atoms with van der Waals surface area (Å²) in [6.07, 6.45) is 0. The highest BCUT2D eigenvalue weighted by Crippen LogP contribution is 2.39. The molecule has 164 valence electrons. The Morgan fingerprint density at radius 1 is 0.812 bits per heavy atom. The van der Waals surface area contributed by atoms with Gasteiger partial charge in [0.1, 0.15) is 24.1 Å². The van der Waals surface area contributed by atoms with E-state index in [0.29, 0.717) is 22.9 Å². The third kappa shape index (κ3) is 3.91. The summed E-state index contributed by atoms with van der Waals surface area (Å²) in [6.45, 7) is 3.88. The van der Waals surface area contributed by atoms with Crippen LogP contribution in [0.25, 0.3) is 0 Å². The van der Waals surface area contributed by atoms with Gasteiger partial charge in [0.2, 0.25) is 5.91 Å². The third-order valence-corrected chi connectivity index (χ3v) is 5.70. The molecule has 1 aliphatic heterocycles. The molecule has 6 heteroatoms. The second-order valence-corrected chi connectivity index (χ2v) is 7.87. The van der Waals surface area contributed by atoms with Gasteiger partial charge in [0.25, 0.3) is 5.91 Å². The first-order valence-corrected chi connectivity index (χ1v) is 10.4. The maximum atomic E-state index is 13.9. The Morgan fingerprint density at radius 3 is 2.03 bits per heavy atom. The molecule has 32 heavy (non-hydrogen) atoms. The smallest absolute Gasteiger partial charge is 0.255 e. The zero-order valence-electron chi connectivity index (χ0n) is 18.7. The van der Waals surface area contributed by atoms with Crippen molar-refractivity contribution in [2.75, 3.05) is 30.6 Å². The predicted molar refractivity (Wildman–Crippen MR) is 124 cm³/mol. The van der Waals surface area contributed by atoms with Crippen molar-refractivity contribution in [3.63, 3.8) is 0 Å².